The molecule has 5 nitrogen and oxygen atoms in total. The summed E-state index contributed by atoms with van der Waals surface area (Å²) in [6, 6.07) is 0. The van der Waals surface area contributed by atoms with E-state index >= 15 is 0 Å². The van der Waals surface area contributed by atoms with Crippen molar-refractivity contribution in [2.24, 2.45) is 16.8 Å². The van der Waals surface area contributed by atoms with Crippen molar-refractivity contribution in [3.8, 4) is 0 Å². The molecule has 2 aliphatic heterocycles. The van der Waals surface area contributed by atoms with Gasteiger partial charge in [-0.25, -0.2) is 0 Å². The van der Waals surface area contributed by atoms with Crippen molar-refractivity contribution in [2.75, 3.05) is 59.9 Å². The zero-order valence-electron chi connectivity index (χ0n) is 15.9. The van der Waals surface area contributed by atoms with Crippen LogP contribution in [0.3, 0.4) is 0 Å². The van der Waals surface area contributed by atoms with E-state index in [2.05, 4.69) is 39.4 Å². The van der Waals surface area contributed by atoms with E-state index < -0.39 is 0 Å². The Labute approximate surface area is 166 Å². The van der Waals surface area contributed by atoms with E-state index in [-0.39, 0.29) is 24.0 Å². The SMILES string of the molecule is CN=C(NCCCN1CCC(C)CC1)NCC1CCCN(C)C1.I. The molecule has 2 heterocycles. The van der Waals surface area contributed by atoms with Crippen molar-refractivity contribution in [1.82, 2.24) is 20.4 Å². The zero-order chi connectivity index (χ0) is 16.5. The van der Waals surface area contributed by atoms with Crippen LogP contribution in [0.1, 0.15) is 39.0 Å². The fourth-order valence-electron chi connectivity index (χ4n) is 3.70. The molecule has 2 saturated heterocycles. The van der Waals surface area contributed by atoms with Gasteiger partial charge in [0.05, 0.1) is 0 Å². The summed E-state index contributed by atoms with van der Waals surface area (Å²) in [5.41, 5.74) is 0. The highest BCUT2D eigenvalue weighted by Crippen LogP contribution is 2.15. The normalized spacial score (nSPS) is 24.5. The maximum absolute atomic E-state index is 4.35. The summed E-state index contributed by atoms with van der Waals surface area (Å²) in [6.07, 6.45) is 6.59. The lowest BCUT2D eigenvalue weighted by atomic mass is 9.99. The number of hydrogen-bond acceptors (Lipinski definition) is 3. The van der Waals surface area contributed by atoms with Gasteiger partial charge in [-0.15, -0.1) is 24.0 Å². The largest absolute Gasteiger partial charge is 0.356 e. The molecule has 0 saturated carbocycles. The lowest BCUT2D eigenvalue weighted by Crippen LogP contribution is -2.44. The average Bonchev–Trinajstić information content (AvgIpc) is 2.56. The number of nitrogens with one attached hydrogen (secondary N) is 2. The maximum atomic E-state index is 4.35. The van der Waals surface area contributed by atoms with E-state index in [9.17, 15) is 0 Å². The molecule has 0 aromatic carbocycles. The minimum atomic E-state index is 0. The molecular weight excluding hydrogens is 413 g/mol. The van der Waals surface area contributed by atoms with Gasteiger partial charge in [0.1, 0.15) is 0 Å². The van der Waals surface area contributed by atoms with Crippen LogP contribution in [0.2, 0.25) is 0 Å². The van der Waals surface area contributed by atoms with Gasteiger partial charge >= 0.3 is 0 Å². The molecule has 0 aromatic heterocycles. The molecule has 2 fully saturated rings. The first-order valence-corrected chi connectivity index (χ1v) is 9.52. The van der Waals surface area contributed by atoms with E-state index in [1.54, 1.807) is 0 Å². The van der Waals surface area contributed by atoms with Crippen LogP contribution >= 0.6 is 24.0 Å². The molecule has 1 atom stereocenters. The van der Waals surface area contributed by atoms with Gasteiger partial charge in [0.15, 0.2) is 5.96 Å². The third-order valence-corrected chi connectivity index (χ3v) is 5.32. The van der Waals surface area contributed by atoms with Crippen molar-refractivity contribution in [3.05, 3.63) is 0 Å². The fourth-order valence-corrected chi connectivity index (χ4v) is 3.70. The number of piperidine rings is 2. The summed E-state index contributed by atoms with van der Waals surface area (Å²) in [5.74, 6) is 2.64. The minimum Gasteiger partial charge on any atom is -0.356 e. The summed E-state index contributed by atoms with van der Waals surface area (Å²) in [6.45, 7) is 10.6. The molecule has 1 unspecified atom stereocenters. The lowest BCUT2D eigenvalue weighted by Gasteiger charge is -2.30. The molecule has 0 aliphatic carbocycles. The first kappa shape index (κ1) is 22.0. The molecule has 6 heteroatoms. The lowest BCUT2D eigenvalue weighted by molar-refractivity contribution is 0.191. The Balaban J connectivity index is 0.00000288. The average molecular weight is 451 g/mol. The topological polar surface area (TPSA) is 42.9 Å². The van der Waals surface area contributed by atoms with Crippen molar-refractivity contribution in [1.29, 1.82) is 0 Å². The Morgan fingerprint density at radius 3 is 2.54 bits per heavy atom. The quantitative estimate of drug-likeness (QED) is 0.281. The molecule has 24 heavy (non-hydrogen) atoms. The molecule has 142 valence electrons. The highest BCUT2D eigenvalue weighted by Gasteiger charge is 2.17. The maximum Gasteiger partial charge on any atom is 0.190 e. The molecule has 0 bridgehead atoms. The van der Waals surface area contributed by atoms with Crippen molar-refractivity contribution in [3.63, 3.8) is 0 Å². The molecule has 2 aliphatic rings. The summed E-state index contributed by atoms with van der Waals surface area (Å²) in [4.78, 5) is 9.40. The molecule has 2 N–H and O–H groups in total. The molecule has 0 spiro atoms. The number of halogens is 1. The van der Waals surface area contributed by atoms with Gasteiger partial charge in [-0.2, -0.15) is 0 Å². The summed E-state index contributed by atoms with van der Waals surface area (Å²) in [7, 11) is 4.09. The molecule has 2 rings (SSSR count). The van der Waals surface area contributed by atoms with Crippen LogP contribution in [0.5, 0.6) is 0 Å². The summed E-state index contributed by atoms with van der Waals surface area (Å²) in [5, 5.41) is 6.97. The number of rotatable bonds is 6. The van der Waals surface area contributed by atoms with Crippen LogP contribution in [-0.2, 0) is 0 Å². The predicted octanol–water partition coefficient (Wildman–Crippen LogP) is 2.23. The molecule has 0 amide bonds. The Morgan fingerprint density at radius 2 is 1.88 bits per heavy atom. The van der Waals surface area contributed by atoms with Crippen molar-refractivity contribution in [2.45, 2.75) is 39.0 Å². The van der Waals surface area contributed by atoms with Gasteiger partial charge in [0.2, 0.25) is 0 Å². The van der Waals surface area contributed by atoms with Crippen molar-refractivity contribution >= 4 is 29.9 Å². The number of nitrogens with zero attached hydrogens (tertiary/aromatic N) is 3. The Hall–Kier alpha value is -0.0800. The van der Waals surface area contributed by atoms with Crippen LogP contribution in [0, 0.1) is 11.8 Å². The van der Waals surface area contributed by atoms with Gasteiger partial charge in [0, 0.05) is 26.7 Å². The Kier molecular flexibility index (Phi) is 11.3. The second-order valence-electron chi connectivity index (χ2n) is 7.53. The third kappa shape index (κ3) is 8.34. The minimum absolute atomic E-state index is 0. The van der Waals surface area contributed by atoms with E-state index in [1.165, 1.54) is 64.8 Å². The number of likely N-dealkylation sites (tertiary alicyclic amines) is 2. The van der Waals surface area contributed by atoms with Gasteiger partial charge in [-0.3, -0.25) is 4.99 Å². The van der Waals surface area contributed by atoms with Gasteiger partial charge < -0.3 is 20.4 Å². The second kappa shape index (κ2) is 12.3. The van der Waals surface area contributed by atoms with E-state index in [0.717, 1.165) is 30.9 Å². The van der Waals surface area contributed by atoms with E-state index in [0.29, 0.717) is 0 Å². The van der Waals surface area contributed by atoms with Gasteiger partial charge in [-0.05, 0) is 77.2 Å². The molecule has 0 radical (unpaired) electrons. The smallest absolute Gasteiger partial charge is 0.190 e. The summed E-state index contributed by atoms with van der Waals surface area (Å²) >= 11 is 0. The second-order valence-corrected chi connectivity index (χ2v) is 7.53. The molecular formula is C18H38IN5. The number of hydrogen-bond donors (Lipinski definition) is 2. The Morgan fingerprint density at radius 1 is 1.12 bits per heavy atom. The zero-order valence-corrected chi connectivity index (χ0v) is 18.2. The third-order valence-electron chi connectivity index (χ3n) is 5.32. The molecule has 0 aromatic rings. The monoisotopic (exact) mass is 451 g/mol. The van der Waals surface area contributed by atoms with Crippen molar-refractivity contribution < 1.29 is 0 Å². The van der Waals surface area contributed by atoms with E-state index in [4.69, 9.17) is 0 Å². The highest BCUT2D eigenvalue weighted by molar-refractivity contribution is 14.0. The highest BCUT2D eigenvalue weighted by atomic mass is 127. The standard InChI is InChI=1S/C18H37N5.HI/c1-16-7-12-23(13-8-16)11-5-9-20-18(19-2)21-14-17-6-4-10-22(3)15-17;/h16-17H,4-15H2,1-3H3,(H2,19,20,21);1H. The van der Waals surface area contributed by atoms with Crippen LogP contribution in [0.4, 0.5) is 0 Å². The van der Waals surface area contributed by atoms with Crippen LogP contribution in [0.25, 0.3) is 0 Å². The number of aliphatic imine (C=N–C) groups is 1. The van der Waals surface area contributed by atoms with Gasteiger partial charge in [0.25, 0.3) is 0 Å². The van der Waals surface area contributed by atoms with E-state index in [1.807, 2.05) is 7.05 Å². The predicted molar refractivity (Wildman–Crippen MR) is 114 cm³/mol. The van der Waals surface area contributed by atoms with Crippen LogP contribution < -0.4 is 10.6 Å². The van der Waals surface area contributed by atoms with Crippen LogP contribution in [0.15, 0.2) is 4.99 Å². The summed E-state index contributed by atoms with van der Waals surface area (Å²) < 4.78 is 0. The first-order chi connectivity index (χ1) is 11.2. The number of guanidine groups is 1. The van der Waals surface area contributed by atoms with Crippen LogP contribution in [-0.4, -0.2) is 75.7 Å². The Bertz CT molecular complexity index is 355. The van der Waals surface area contributed by atoms with Gasteiger partial charge in [-0.1, -0.05) is 6.92 Å². The first-order valence-electron chi connectivity index (χ1n) is 9.52. The fraction of sp³-hybridized carbons (Fsp3) is 0.944.